The monoisotopic (exact) mass is 293 g/mol. The van der Waals surface area contributed by atoms with Gasteiger partial charge in [0.05, 0.1) is 10.7 Å². The molecule has 1 saturated carbocycles. The quantitative estimate of drug-likeness (QED) is 0.895. The van der Waals surface area contributed by atoms with Crippen LogP contribution < -0.4 is 10.6 Å². The smallest absolute Gasteiger partial charge is 0.0897 e. The van der Waals surface area contributed by atoms with E-state index in [1.807, 2.05) is 0 Å². The van der Waals surface area contributed by atoms with Crippen LogP contribution in [-0.2, 0) is 6.54 Å². The number of thiazole rings is 1. The molecule has 2 N–H and O–H groups in total. The van der Waals surface area contributed by atoms with Crippen molar-refractivity contribution in [2.24, 2.45) is 5.92 Å². The molecule has 3 unspecified atom stereocenters. The van der Waals surface area contributed by atoms with Crippen molar-refractivity contribution in [3.63, 3.8) is 0 Å². The Balaban J connectivity index is 1.57. The van der Waals surface area contributed by atoms with Crippen LogP contribution in [-0.4, -0.2) is 23.6 Å². The van der Waals surface area contributed by atoms with Gasteiger partial charge in [-0.25, -0.2) is 4.98 Å². The fourth-order valence-corrected chi connectivity index (χ4v) is 4.48. The van der Waals surface area contributed by atoms with Gasteiger partial charge >= 0.3 is 0 Å². The lowest BCUT2D eigenvalue weighted by Crippen LogP contribution is -2.50. The SMILES string of the molecule is Cc1nc(CNC2CCCCC2C2CCCCN2)cs1. The molecule has 2 fully saturated rings. The third kappa shape index (κ3) is 3.60. The first-order valence-corrected chi connectivity index (χ1v) is 9.08. The average molecular weight is 293 g/mol. The van der Waals surface area contributed by atoms with Crippen molar-refractivity contribution in [3.05, 3.63) is 16.1 Å². The Labute approximate surface area is 126 Å². The minimum Gasteiger partial charge on any atom is -0.314 e. The molecular weight excluding hydrogens is 266 g/mol. The maximum atomic E-state index is 4.57. The lowest BCUT2D eigenvalue weighted by atomic mass is 9.77. The Hall–Kier alpha value is -0.450. The van der Waals surface area contributed by atoms with Crippen molar-refractivity contribution >= 4 is 11.3 Å². The molecule has 3 nitrogen and oxygen atoms in total. The topological polar surface area (TPSA) is 37.0 Å². The lowest BCUT2D eigenvalue weighted by Gasteiger charge is -2.40. The van der Waals surface area contributed by atoms with E-state index in [1.165, 1.54) is 62.2 Å². The van der Waals surface area contributed by atoms with E-state index in [-0.39, 0.29) is 0 Å². The second-order valence-electron chi connectivity index (χ2n) is 6.35. The Kier molecular flexibility index (Phi) is 5.08. The van der Waals surface area contributed by atoms with Crippen LogP contribution in [0.4, 0.5) is 0 Å². The predicted molar refractivity (Wildman–Crippen MR) is 85.1 cm³/mol. The van der Waals surface area contributed by atoms with Gasteiger partial charge in [-0.2, -0.15) is 0 Å². The van der Waals surface area contributed by atoms with Gasteiger partial charge in [0, 0.05) is 24.0 Å². The Bertz CT molecular complexity index is 412. The van der Waals surface area contributed by atoms with Crippen LogP contribution in [0.25, 0.3) is 0 Å². The third-order valence-electron chi connectivity index (χ3n) is 4.90. The van der Waals surface area contributed by atoms with E-state index < -0.39 is 0 Å². The highest BCUT2D eigenvalue weighted by atomic mass is 32.1. The van der Waals surface area contributed by atoms with Crippen LogP contribution in [0.15, 0.2) is 5.38 Å². The summed E-state index contributed by atoms with van der Waals surface area (Å²) in [6, 6.07) is 1.43. The number of hydrogen-bond acceptors (Lipinski definition) is 4. The summed E-state index contributed by atoms with van der Waals surface area (Å²) in [7, 11) is 0. The van der Waals surface area contributed by atoms with Gasteiger partial charge in [-0.1, -0.05) is 19.3 Å². The van der Waals surface area contributed by atoms with E-state index in [0.29, 0.717) is 6.04 Å². The number of aromatic nitrogens is 1. The fraction of sp³-hybridized carbons (Fsp3) is 0.812. The van der Waals surface area contributed by atoms with E-state index in [1.54, 1.807) is 11.3 Å². The summed E-state index contributed by atoms with van der Waals surface area (Å²) < 4.78 is 0. The Morgan fingerprint density at radius 2 is 2.10 bits per heavy atom. The van der Waals surface area contributed by atoms with Gasteiger partial charge in [0.1, 0.15) is 0 Å². The first kappa shape index (κ1) is 14.5. The average Bonchev–Trinajstić information content (AvgIpc) is 2.92. The zero-order valence-electron chi connectivity index (χ0n) is 12.5. The second-order valence-corrected chi connectivity index (χ2v) is 7.41. The molecule has 2 heterocycles. The highest BCUT2D eigenvalue weighted by molar-refractivity contribution is 7.09. The molecule has 0 aromatic carbocycles. The van der Waals surface area contributed by atoms with Gasteiger partial charge in [-0.3, -0.25) is 0 Å². The van der Waals surface area contributed by atoms with Gasteiger partial charge in [0.25, 0.3) is 0 Å². The molecule has 0 amide bonds. The van der Waals surface area contributed by atoms with Crippen molar-refractivity contribution in [3.8, 4) is 0 Å². The summed E-state index contributed by atoms with van der Waals surface area (Å²) in [6.45, 7) is 4.25. The zero-order valence-corrected chi connectivity index (χ0v) is 13.3. The highest BCUT2D eigenvalue weighted by Crippen LogP contribution is 2.30. The molecule has 0 radical (unpaired) electrons. The summed E-state index contributed by atoms with van der Waals surface area (Å²) in [5.41, 5.74) is 1.22. The van der Waals surface area contributed by atoms with E-state index in [9.17, 15) is 0 Å². The van der Waals surface area contributed by atoms with Crippen LogP contribution in [0, 0.1) is 12.8 Å². The number of rotatable bonds is 4. The summed E-state index contributed by atoms with van der Waals surface area (Å²) in [5.74, 6) is 0.823. The molecule has 4 heteroatoms. The maximum absolute atomic E-state index is 4.57. The molecule has 1 aromatic heterocycles. The number of hydrogen-bond donors (Lipinski definition) is 2. The third-order valence-corrected chi connectivity index (χ3v) is 5.72. The zero-order chi connectivity index (χ0) is 13.8. The number of nitrogens with one attached hydrogen (secondary N) is 2. The predicted octanol–water partition coefficient (Wildman–Crippen LogP) is 3.24. The van der Waals surface area contributed by atoms with Gasteiger partial charge in [0.2, 0.25) is 0 Å². The molecule has 0 spiro atoms. The molecule has 2 aliphatic rings. The number of piperidine rings is 1. The van der Waals surface area contributed by atoms with Gasteiger partial charge in [0.15, 0.2) is 0 Å². The first-order valence-electron chi connectivity index (χ1n) is 8.21. The van der Waals surface area contributed by atoms with Crippen molar-refractivity contribution in [2.75, 3.05) is 6.54 Å². The fourth-order valence-electron chi connectivity index (χ4n) is 3.86. The lowest BCUT2D eigenvalue weighted by molar-refractivity contribution is 0.181. The summed E-state index contributed by atoms with van der Waals surface area (Å²) in [4.78, 5) is 4.57. The highest BCUT2D eigenvalue weighted by Gasteiger charge is 2.32. The van der Waals surface area contributed by atoms with Gasteiger partial charge in [-0.05, 0) is 45.1 Å². The van der Waals surface area contributed by atoms with Gasteiger partial charge in [-0.15, -0.1) is 11.3 Å². The Morgan fingerprint density at radius 3 is 2.85 bits per heavy atom. The number of aryl methyl sites for hydroxylation is 1. The Morgan fingerprint density at radius 1 is 1.25 bits per heavy atom. The first-order chi connectivity index (χ1) is 9.83. The molecule has 0 bridgehead atoms. The van der Waals surface area contributed by atoms with Crippen LogP contribution in [0.1, 0.15) is 55.6 Å². The van der Waals surface area contributed by atoms with Crippen LogP contribution in [0.5, 0.6) is 0 Å². The summed E-state index contributed by atoms with van der Waals surface area (Å²) in [6.07, 6.45) is 9.68. The standard InChI is InChI=1S/C16H27N3S/c1-12-19-13(11-20-12)10-18-16-7-3-2-6-14(16)15-8-4-5-9-17-15/h11,14-18H,2-10H2,1H3. The minimum absolute atomic E-state index is 0.682. The molecule has 1 aliphatic carbocycles. The van der Waals surface area contributed by atoms with Gasteiger partial charge < -0.3 is 10.6 Å². The number of nitrogens with zero attached hydrogens (tertiary/aromatic N) is 1. The van der Waals surface area contributed by atoms with Crippen LogP contribution in [0.3, 0.4) is 0 Å². The second kappa shape index (κ2) is 7.01. The molecule has 20 heavy (non-hydrogen) atoms. The largest absolute Gasteiger partial charge is 0.314 e. The maximum Gasteiger partial charge on any atom is 0.0897 e. The van der Waals surface area contributed by atoms with Crippen molar-refractivity contribution in [1.29, 1.82) is 0 Å². The molecule has 1 aliphatic heterocycles. The van der Waals surface area contributed by atoms with E-state index in [4.69, 9.17) is 0 Å². The van der Waals surface area contributed by atoms with Crippen molar-refractivity contribution < 1.29 is 0 Å². The molecule has 3 atom stereocenters. The summed E-state index contributed by atoms with van der Waals surface area (Å²) >= 11 is 1.76. The van der Waals surface area contributed by atoms with Crippen molar-refractivity contribution in [1.82, 2.24) is 15.6 Å². The normalized spacial score (nSPS) is 31.4. The molecule has 1 aromatic rings. The summed E-state index contributed by atoms with van der Waals surface area (Å²) in [5, 5.41) is 10.9. The molecule has 112 valence electrons. The minimum atomic E-state index is 0.682. The molecule has 1 saturated heterocycles. The van der Waals surface area contributed by atoms with E-state index >= 15 is 0 Å². The molecular formula is C16H27N3S. The van der Waals surface area contributed by atoms with E-state index in [0.717, 1.165) is 18.5 Å². The van der Waals surface area contributed by atoms with Crippen LogP contribution in [0.2, 0.25) is 0 Å². The van der Waals surface area contributed by atoms with Crippen molar-refractivity contribution in [2.45, 2.75) is 70.5 Å². The molecule has 3 rings (SSSR count). The van der Waals surface area contributed by atoms with E-state index in [2.05, 4.69) is 27.9 Å². The van der Waals surface area contributed by atoms with Crippen LogP contribution >= 0.6 is 11.3 Å².